The zero-order valence-corrected chi connectivity index (χ0v) is 13.5. The fourth-order valence-electron chi connectivity index (χ4n) is 2.94. The quantitative estimate of drug-likeness (QED) is 0.936. The summed E-state index contributed by atoms with van der Waals surface area (Å²) in [6.45, 7) is 2.61. The van der Waals surface area contributed by atoms with Crippen molar-refractivity contribution in [1.82, 2.24) is 20.1 Å². The van der Waals surface area contributed by atoms with E-state index < -0.39 is 0 Å². The van der Waals surface area contributed by atoms with Crippen molar-refractivity contribution in [3.05, 3.63) is 48.0 Å². The van der Waals surface area contributed by atoms with E-state index in [-0.39, 0.29) is 24.0 Å². The molecule has 0 spiro atoms. The lowest BCUT2D eigenvalue weighted by Crippen LogP contribution is -2.44. The topological polar surface area (TPSA) is 69.0 Å². The average Bonchev–Trinajstić information content (AvgIpc) is 3.01. The summed E-state index contributed by atoms with van der Waals surface area (Å²) >= 11 is 0. The third kappa shape index (κ3) is 3.59. The third-order valence-corrected chi connectivity index (χ3v) is 4.28. The van der Waals surface area contributed by atoms with Crippen molar-refractivity contribution in [1.29, 1.82) is 0 Å². The van der Waals surface area contributed by atoms with Gasteiger partial charge in [-0.1, -0.05) is 6.07 Å². The maximum Gasteiger partial charge on any atom is 0.227 e. The number of ether oxygens (including phenoxy) is 1. The Kier molecular flexibility index (Phi) is 4.71. The smallest absolute Gasteiger partial charge is 0.227 e. The van der Waals surface area contributed by atoms with Crippen LogP contribution in [0, 0.1) is 0 Å². The summed E-state index contributed by atoms with van der Waals surface area (Å²) in [5.74, 6) is -0.234. The Labute approximate surface area is 135 Å². The van der Waals surface area contributed by atoms with Crippen molar-refractivity contribution in [3.8, 4) is 0 Å². The molecule has 1 N–H and O–H groups in total. The van der Waals surface area contributed by atoms with Crippen molar-refractivity contribution in [3.63, 3.8) is 0 Å². The first-order valence-electron chi connectivity index (χ1n) is 7.95. The number of rotatable bonds is 4. The van der Waals surface area contributed by atoms with Crippen LogP contribution in [0.25, 0.3) is 0 Å². The lowest BCUT2D eigenvalue weighted by Gasteiger charge is -2.32. The molecule has 0 bridgehead atoms. The van der Waals surface area contributed by atoms with Crippen LogP contribution in [-0.2, 0) is 16.6 Å². The number of hydrogen-bond acceptors (Lipinski definition) is 4. The first-order chi connectivity index (χ1) is 11.1. The zero-order chi connectivity index (χ0) is 16.2. The lowest BCUT2D eigenvalue weighted by atomic mass is 9.96. The third-order valence-electron chi connectivity index (χ3n) is 4.28. The van der Waals surface area contributed by atoms with Crippen molar-refractivity contribution in [2.45, 2.75) is 37.8 Å². The Hall–Kier alpha value is -2.21. The highest BCUT2D eigenvalue weighted by Gasteiger charge is 2.31. The van der Waals surface area contributed by atoms with Crippen molar-refractivity contribution < 1.29 is 9.53 Å². The first-order valence-corrected chi connectivity index (χ1v) is 7.95. The van der Waals surface area contributed by atoms with Crippen LogP contribution in [0.3, 0.4) is 0 Å². The minimum atomic E-state index is -0.236. The van der Waals surface area contributed by atoms with E-state index in [2.05, 4.69) is 15.4 Å². The molecule has 23 heavy (non-hydrogen) atoms. The van der Waals surface area contributed by atoms with Gasteiger partial charge in [0.1, 0.15) is 6.10 Å². The van der Waals surface area contributed by atoms with Gasteiger partial charge >= 0.3 is 0 Å². The van der Waals surface area contributed by atoms with Crippen LogP contribution in [0.5, 0.6) is 0 Å². The maximum atomic E-state index is 12.6. The molecule has 0 radical (unpaired) electrons. The van der Waals surface area contributed by atoms with Gasteiger partial charge in [0.25, 0.3) is 0 Å². The molecule has 1 unspecified atom stereocenters. The lowest BCUT2D eigenvalue weighted by molar-refractivity contribution is -0.125. The molecule has 122 valence electrons. The molecule has 1 aliphatic heterocycles. The molecule has 6 nitrogen and oxygen atoms in total. The number of hydrogen-bond donors (Lipinski definition) is 1. The van der Waals surface area contributed by atoms with E-state index in [1.165, 1.54) is 0 Å². The molecular weight excluding hydrogens is 292 g/mol. The van der Waals surface area contributed by atoms with Gasteiger partial charge in [0.05, 0.1) is 18.2 Å². The molecule has 1 aliphatic rings. The highest BCUT2D eigenvalue weighted by Crippen LogP contribution is 2.28. The summed E-state index contributed by atoms with van der Waals surface area (Å²) in [4.78, 5) is 16.7. The van der Waals surface area contributed by atoms with Crippen LogP contribution >= 0.6 is 0 Å². The molecule has 2 aromatic heterocycles. The molecule has 1 fully saturated rings. The largest absolute Gasteiger partial charge is 0.371 e. The molecular formula is C17H22N4O2. The highest BCUT2D eigenvalue weighted by atomic mass is 16.5. The second-order valence-electron chi connectivity index (χ2n) is 6.00. The molecule has 3 heterocycles. The Morgan fingerprint density at radius 2 is 2.35 bits per heavy atom. The van der Waals surface area contributed by atoms with E-state index in [1.54, 1.807) is 23.3 Å². The van der Waals surface area contributed by atoms with Crippen LogP contribution in [0.4, 0.5) is 0 Å². The number of nitrogens with zero attached hydrogens (tertiary/aromatic N) is 3. The van der Waals surface area contributed by atoms with E-state index in [0.29, 0.717) is 6.61 Å². The standard InChI is InChI=1S/C17H22N4O2/c1-12(13-5-3-7-18-9-13)17(22)20-15-6-4-8-23-16(15)14-10-19-21(2)11-14/h3,5,7,9-12,15-16H,4,6,8H2,1-2H3,(H,20,22)/t12?,15-,16+/m0/s1. The van der Waals surface area contributed by atoms with E-state index in [0.717, 1.165) is 24.0 Å². The van der Waals surface area contributed by atoms with Gasteiger partial charge in [-0.2, -0.15) is 5.10 Å². The van der Waals surface area contributed by atoms with E-state index in [9.17, 15) is 4.79 Å². The molecule has 0 aromatic carbocycles. The number of amides is 1. The minimum absolute atomic E-state index is 0.00221. The van der Waals surface area contributed by atoms with E-state index >= 15 is 0 Å². The number of carbonyl (C=O) groups is 1. The molecule has 0 aliphatic carbocycles. The maximum absolute atomic E-state index is 12.6. The summed E-state index contributed by atoms with van der Waals surface area (Å²) in [5.41, 5.74) is 1.92. The van der Waals surface area contributed by atoms with Crippen LogP contribution in [0.15, 0.2) is 36.9 Å². The van der Waals surface area contributed by atoms with Crippen LogP contribution in [0.2, 0.25) is 0 Å². The molecule has 2 aromatic rings. The van der Waals surface area contributed by atoms with Gasteiger partial charge in [-0.25, -0.2) is 0 Å². The summed E-state index contributed by atoms with van der Waals surface area (Å²) in [7, 11) is 1.88. The van der Waals surface area contributed by atoms with Crippen LogP contribution in [-0.4, -0.2) is 33.3 Å². The van der Waals surface area contributed by atoms with E-state index in [4.69, 9.17) is 4.74 Å². The molecule has 0 saturated carbocycles. The Morgan fingerprint density at radius 1 is 1.48 bits per heavy atom. The number of aromatic nitrogens is 3. The monoisotopic (exact) mass is 314 g/mol. The Balaban J connectivity index is 1.70. The van der Waals surface area contributed by atoms with Gasteiger partial charge < -0.3 is 10.1 Å². The summed E-state index contributed by atoms with van der Waals surface area (Å²) < 4.78 is 7.65. The molecule has 1 saturated heterocycles. The number of aryl methyl sites for hydroxylation is 1. The predicted octanol–water partition coefficient (Wildman–Crippen LogP) is 1.96. The predicted molar refractivity (Wildman–Crippen MR) is 85.7 cm³/mol. The van der Waals surface area contributed by atoms with E-state index in [1.807, 2.05) is 32.3 Å². The summed E-state index contributed by atoms with van der Waals surface area (Å²) in [6.07, 6.45) is 8.91. The number of carbonyl (C=O) groups excluding carboxylic acids is 1. The first kappa shape index (κ1) is 15.7. The van der Waals surface area contributed by atoms with Gasteiger partial charge in [-0.3, -0.25) is 14.5 Å². The SMILES string of the molecule is CC(C(=O)N[C@H]1CCCO[C@@H]1c1cnn(C)c1)c1cccnc1. The molecule has 1 amide bonds. The van der Waals surface area contributed by atoms with Crippen molar-refractivity contribution in [2.75, 3.05) is 6.61 Å². The van der Waals surface area contributed by atoms with Crippen LogP contribution < -0.4 is 5.32 Å². The molecule has 3 rings (SSSR count). The van der Waals surface area contributed by atoms with Gasteiger partial charge in [-0.15, -0.1) is 0 Å². The normalized spacial score (nSPS) is 22.5. The van der Waals surface area contributed by atoms with Crippen molar-refractivity contribution >= 4 is 5.91 Å². The molecule has 3 atom stereocenters. The average molecular weight is 314 g/mol. The van der Waals surface area contributed by atoms with Gasteiger partial charge in [-0.05, 0) is 31.4 Å². The second kappa shape index (κ2) is 6.91. The summed E-state index contributed by atoms with van der Waals surface area (Å²) in [6, 6.07) is 3.74. The van der Waals surface area contributed by atoms with Gasteiger partial charge in [0, 0.05) is 37.8 Å². The minimum Gasteiger partial charge on any atom is -0.371 e. The summed E-state index contributed by atoms with van der Waals surface area (Å²) in [5, 5.41) is 7.35. The molecule has 6 heteroatoms. The highest BCUT2D eigenvalue weighted by molar-refractivity contribution is 5.83. The number of pyridine rings is 1. The Morgan fingerprint density at radius 3 is 3.04 bits per heavy atom. The van der Waals surface area contributed by atoms with Crippen LogP contribution in [0.1, 0.15) is 42.9 Å². The van der Waals surface area contributed by atoms with Gasteiger partial charge in [0.2, 0.25) is 5.91 Å². The van der Waals surface area contributed by atoms with Gasteiger partial charge in [0.15, 0.2) is 0 Å². The van der Waals surface area contributed by atoms with Crippen molar-refractivity contribution in [2.24, 2.45) is 7.05 Å². The fourth-order valence-corrected chi connectivity index (χ4v) is 2.94. The fraction of sp³-hybridized carbons (Fsp3) is 0.471. The second-order valence-corrected chi connectivity index (χ2v) is 6.00. The zero-order valence-electron chi connectivity index (χ0n) is 13.5. The number of nitrogens with one attached hydrogen (secondary N) is 1. The Bertz CT molecular complexity index is 656.